The van der Waals surface area contributed by atoms with Gasteiger partial charge in [0.15, 0.2) is 0 Å². The van der Waals surface area contributed by atoms with E-state index in [-0.39, 0.29) is 0 Å². The average molecular weight is 258 g/mol. The van der Waals surface area contributed by atoms with Gasteiger partial charge in [-0.15, -0.1) is 0 Å². The maximum Gasteiger partial charge on any atom is 0.506 e. The first kappa shape index (κ1) is 17.3. The highest BCUT2D eigenvalue weighted by atomic mass is 16.7. The van der Waals surface area contributed by atoms with E-state index in [0.717, 1.165) is 32.1 Å². The largest absolute Gasteiger partial charge is 0.506 e. The van der Waals surface area contributed by atoms with E-state index in [1.54, 1.807) is 0 Å². The molecule has 108 valence electrons. The van der Waals surface area contributed by atoms with Crippen molar-refractivity contribution in [2.45, 2.75) is 78.7 Å². The van der Waals surface area contributed by atoms with Crippen LogP contribution < -0.4 is 0 Å². The van der Waals surface area contributed by atoms with Crippen molar-refractivity contribution < 1.29 is 14.6 Å². The molecule has 0 rings (SSSR count). The van der Waals surface area contributed by atoms with E-state index in [9.17, 15) is 4.79 Å². The minimum absolute atomic E-state index is 0.322. The Bertz CT molecular complexity index is 236. The molecule has 0 amide bonds. The molecule has 18 heavy (non-hydrogen) atoms. The Balaban J connectivity index is 4.48. The fourth-order valence-electron chi connectivity index (χ4n) is 2.29. The second-order valence-electron chi connectivity index (χ2n) is 5.90. The third kappa shape index (κ3) is 6.87. The summed E-state index contributed by atoms with van der Waals surface area (Å²) in [6, 6.07) is 0. The molecule has 3 nitrogen and oxygen atoms in total. The van der Waals surface area contributed by atoms with Gasteiger partial charge < -0.3 is 9.84 Å². The van der Waals surface area contributed by atoms with Crippen molar-refractivity contribution in [3.8, 4) is 0 Å². The fourth-order valence-corrected chi connectivity index (χ4v) is 2.29. The van der Waals surface area contributed by atoms with E-state index < -0.39 is 11.8 Å². The van der Waals surface area contributed by atoms with Crippen molar-refractivity contribution in [1.29, 1.82) is 0 Å². The molecule has 0 saturated heterocycles. The second-order valence-corrected chi connectivity index (χ2v) is 5.90. The summed E-state index contributed by atoms with van der Waals surface area (Å²) in [4.78, 5) is 10.8. The zero-order valence-electron chi connectivity index (χ0n) is 12.7. The molecule has 0 aliphatic rings. The summed E-state index contributed by atoms with van der Waals surface area (Å²) < 4.78 is 5.08. The number of hydrogen-bond donors (Lipinski definition) is 1. The third-order valence-corrected chi connectivity index (χ3v) is 3.94. The van der Waals surface area contributed by atoms with Gasteiger partial charge in [0.2, 0.25) is 0 Å². The lowest BCUT2D eigenvalue weighted by molar-refractivity contribution is -0.0390. The maximum atomic E-state index is 10.8. The van der Waals surface area contributed by atoms with Crippen LogP contribution in [0.2, 0.25) is 0 Å². The van der Waals surface area contributed by atoms with Crippen LogP contribution in [-0.4, -0.2) is 16.9 Å². The molecule has 0 radical (unpaired) electrons. The van der Waals surface area contributed by atoms with Crippen LogP contribution in [0.25, 0.3) is 0 Å². The van der Waals surface area contributed by atoms with Crippen LogP contribution in [0.4, 0.5) is 4.79 Å². The highest BCUT2D eigenvalue weighted by Crippen LogP contribution is 2.32. The molecule has 2 unspecified atom stereocenters. The second kappa shape index (κ2) is 8.39. The van der Waals surface area contributed by atoms with E-state index >= 15 is 0 Å². The lowest BCUT2D eigenvalue weighted by Crippen LogP contribution is -2.36. The smallest absolute Gasteiger partial charge is 0.450 e. The predicted octanol–water partition coefficient (Wildman–Crippen LogP) is 5.09. The Morgan fingerprint density at radius 1 is 1.22 bits per heavy atom. The van der Waals surface area contributed by atoms with Crippen LogP contribution in [0, 0.1) is 11.8 Å². The number of unbranched alkanes of at least 4 members (excludes halogenated alkanes) is 1. The minimum Gasteiger partial charge on any atom is -0.450 e. The summed E-state index contributed by atoms with van der Waals surface area (Å²) in [5.74, 6) is 1.03. The molecule has 1 N–H and O–H groups in total. The third-order valence-electron chi connectivity index (χ3n) is 3.94. The summed E-state index contributed by atoms with van der Waals surface area (Å²) in [6.45, 7) is 10.4. The topological polar surface area (TPSA) is 46.5 Å². The quantitative estimate of drug-likeness (QED) is 0.586. The minimum atomic E-state index is -1.16. The van der Waals surface area contributed by atoms with Crippen LogP contribution >= 0.6 is 0 Å². The Morgan fingerprint density at radius 3 is 2.28 bits per heavy atom. The number of hydrogen-bond acceptors (Lipinski definition) is 2. The van der Waals surface area contributed by atoms with Crippen molar-refractivity contribution in [2.24, 2.45) is 11.8 Å². The molecule has 0 spiro atoms. The number of carboxylic acid groups (broad SMARTS) is 1. The van der Waals surface area contributed by atoms with Gasteiger partial charge in [-0.25, -0.2) is 4.79 Å². The van der Waals surface area contributed by atoms with Gasteiger partial charge in [-0.1, -0.05) is 46.5 Å². The lowest BCUT2D eigenvalue weighted by Gasteiger charge is -2.33. The van der Waals surface area contributed by atoms with Gasteiger partial charge in [0.05, 0.1) is 0 Å². The van der Waals surface area contributed by atoms with Crippen LogP contribution in [0.15, 0.2) is 0 Å². The van der Waals surface area contributed by atoms with E-state index in [0.29, 0.717) is 11.8 Å². The fraction of sp³-hybridized carbons (Fsp3) is 0.933. The molecule has 0 aliphatic heterocycles. The van der Waals surface area contributed by atoms with Crippen molar-refractivity contribution in [2.75, 3.05) is 0 Å². The molecule has 3 heteroatoms. The van der Waals surface area contributed by atoms with Gasteiger partial charge >= 0.3 is 6.16 Å². The molecule has 0 heterocycles. The highest BCUT2D eigenvalue weighted by molar-refractivity contribution is 5.57. The van der Waals surface area contributed by atoms with Crippen molar-refractivity contribution >= 4 is 6.16 Å². The normalized spacial score (nSPS) is 15.2. The first-order valence-corrected chi connectivity index (χ1v) is 7.25. The Kier molecular flexibility index (Phi) is 8.05. The molecule has 0 bridgehead atoms. The molecular formula is C15H30O3. The van der Waals surface area contributed by atoms with Crippen molar-refractivity contribution in [1.82, 2.24) is 0 Å². The highest BCUT2D eigenvalue weighted by Gasteiger charge is 2.32. The van der Waals surface area contributed by atoms with E-state index in [1.807, 2.05) is 13.8 Å². The first-order valence-electron chi connectivity index (χ1n) is 7.25. The average Bonchev–Trinajstić information content (AvgIpc) is 2.26. The summed E-state index contributed by atoms with van der Waals surface area (Å²) in [6.07, 6.45) is 5.55. The summed E-state index contributed by atoms with van der Waals surface area (Å²) in [5.41, 5.74) is -0.575. The predicted molar refractivity (Wildman–Crippen MR) is 74.9 cm³/mol. The van der Waals surface area contributed by atoms with Crippen LogP contribution in [0.5, 0.6) is 0 Å². The molecule has 0 aromatic carbocycles. The number of rotatable bonds is 9. The number of ether oxygens (including phenoxy) is 1. The van der Waals surface area contributed by atoms with Gasteiger partial charge in [0.1, 0.15) is 5.60 Å². The molecule has 2 atom stereocenters. The Hall–Kier alpha value is -0.730. The lowest BCUT2D eigenvalue weighted by atomic mass is 9.81. The van der Waals surface area contributed by atoms with Gasteiger partial charge in [0.25, 0.3) is 0 Å². The summed E-state index contributed by atoms with van der Waals surface area (Å²) in [5, 5.41) is 8.82. The molecule has 0 saturated carbocycles. The van der Waals surface area contributed by atoms with Crippen LogP contribution in [0.1, 0.15) is 73.1 Å². The van der Waals surface area contributed by atoms with Crippen molar-refractivity contribution in [3.05, 3.63) is 0 Å². The molecule has 0 aliphatic carbocycles. The Labute approximate surface area is 112 Å². The molecule has 0 aromatic heterocycles. The van der Waals surface area contributed by atoms with E-state index in [2.05, 4.69) is 20.8 Å². The molecule has 0 fully saturated rings. The van der Waals surface area contributed by atoms with Crippen LogP contribution in [-0.2, 0) is 4.74 Å². The van der Waals surface area contributed by atoms with Gasteiger partial charge in [0, 0.05) is 0 Å². The monoisotopic (exact) mass is 258 g/mol. The van der Waals surface area contributed by atoms with Gasteiger partial charge in [-0.05, 0) is 38.5 Å². The van der Waals surface area contributed by atoms with E-state index in [4.69, 9.17) is 9.84 Å². The molecule has 0 aromatic rings. The van der Waals surface area contributed by atoms with Gasteiger partial charge in [-0.3, -0.25) is 0 Å². The standard InChI is InChI=1S/C15H30O3/c1-6-8-9-13(11-10-12(3)7-2)15(4,5)18-14(16)17/h12-13H,6-11H2,1-5H3,(H,16,17). The zero-order chi connectivity index (χ0) is 14.2. The first-order chi connectivity index (χ1) is 8.33. The van der Waals surface area contributed by atoms with Crippen molar-refractivity contribution in [3.63, 3.8) is 0 Å². The summed E-state index contributed by atoms with van der Waals surface area (Å²) in [7, 11) is 0. The summed E-state index contributed by atoms with van der Waals surface area (Å²) >= 11 is 0. The van der Waals surface area contributed by atoms with E-state index in [1.165, 1.54) is 6.42 Å². The number of carbonyl (C=O) groups is 1. The van der Waals surface area contributed by atoms with Gasteiger partial charge in [-0.2, -0.15) is 0 Å². The maximum absolute atomic E-state index is 10.8. The molecular weight excluding hydrogens is 228 g/mol. The van der Waals surface area contributed by atoms with Crippen LogP contribution in [0.3, 0.4) is 0 Å². The Morgan fingerprint density at radius 2 is 1.83 bits per heavy atom. The zero-order valence-corrected chi connectivity index (χ0v) is 12.7. The SMILES string of the molecule is CCCCC(CCC(C)CC)C(C)(C)OC(=O)O.